The molecule has 1 aliphatic rings. The van der Waals surface area contributed by atoms with Gasteiger partial charge in [0.05, 0.1) is 0 Å². The predicted octanol–water partition coefficient (Wildman–Crippen LogP) is 1.65. The van der Waals surface area contributed by atoms with Gasteiger partial charge in [0.1, 0.15) is 5.82 Å². The predicted molar refractivity (Wildman–Crippen MR) is 76.6 cm³/mol. The van der Waals surface area contributed by atoms with Crippen LogP contribution in [0.3, 0.4) is 0 Å². The molecule has 0 spiro atoms. The quantitative estimate of drug-likeness (QED) is 0.823. The van der Waals surface area contributed by atoms with Crippen molar-refractivity contribution in [3.8, 4) is 0 Å². The highest BCUT2D eigenvalue weighted by Crippen LogP contribution is 2.24. The minimum atomic E-state index is -2.14. The molecule has 120 valence electrons. The number of aliphatic hydroxyl groups is 1. The zero-order valence-electron chi connectivity index (χ0n) is 11.9. The lowest BCUT2D eigenvalue weighted by Crippen LogP contribution is -2.45. The highest BCUT2D eigenvalue weighted by atomic mass is 35.5. The van der Waals surface area contributed by atoms with Crippen LogP contribution in [-0.4, -0.2) is 40.9 Å². The Morgan fingerprint density at radius 2 is 2.27 bits per heavy atom. The molecule has 1 aromatic carbocycles. The highest BCUT2D eigenvalue weighted by molar-refractivity contribution is 6.30. The first-order valence-corrected chi connectivity index (χ1v) is 7.15. The molecule has 0 aromatic heterocycles. The third-order valence-electron chi connectivity index (χ3n) is 3.34. The molecule has 0 radical (unpaired) electrons. The van der Waals surface area contributed by atoms with Gasteiger partial charge in [-0.2, -0.15) is 0 Å². The molecule has 1 fully saturated rings. The molecular weight excluding hydrogens is 315 g/mol. The summed E-state index contributed by atoms with van der Waals surface area (Å²) in [6.45, 7) is 2.46. The zero-order chi connectivity index (χ0) is 16.3. The number of hydrogen-bond acceptors (Lipinski definition) is 4. The summed E-state index contributed by atoms with van der Waals surface area (Å²) >= 11 is 5.70. The number of likely N-dealkylation sites (tertiary alicyclic amines) is 1. The molecule has 1 aliphatic heterocycles. The molecule has 0 unspecified atom stereocenters. The fraction of sp³-hybridized carbons (Fsp3) is 0.429. The molecule has 6 nitrogen and oxygen atoms in total. The van der Waals surface area contributed by atoms with Gasteiger partial charge in [0.15, 0.2) is 0 Å². The minimum Gasteiger partial charge on any atom is -0.407 e. The Morgan fingerprint density at radius 3 is 2.86 bits per heavy atom. The minimum absolute atomic E-state index is 0.0128. The number of hydrogen-bond donors (Lipinski definition) is 2. The fourth-order valence-corrected chi connectivity index (χ4v) is 2.46. The van der Waals surface area contributed by atoms with Gasteiger partial charge in [-0.3, -0.25) is 4.79 Å². The summed E-state index contributed by atoms with van der Waals surface area (Å²) in [6.07, 6.45) is -0.951. The van der Waals surface area contributed by atoms with Crippen molar-refractivity contribution >= 4 is 23.6 Å². The monoisotopic (exact) mass is 330 g/mol. The van der Waals surface area contributed by atoms with E-state index >= 15 is 0 Å². The van der Waals surface area contributed by atoms with Crippen LogP contribution in [0, 0.1) is 5.82 Å². The number of benzene rings is 1. The van der Waals surface area contributed by atoms with Gasteiger partial charge in [0, 0.05) is 31.1 Å². The zero-order valence-corrected chi connectivity index (χ0v) is 12.7. The summed E-state index contributed by atoms with van der Waals surface area (Å²) in [4.78, 5) is 24.9. The molecule has 1 atom stereocenters. The van der Waals surface area contributed by atoms with Crippen molar-refractivity contribution in [3.05, 3.63) is 34.6 Å². The molecule has 2 amide bonds. The number of rotatable bonds is 4. The third-order valence-corrected chi connectivity index (χ3v) is 3.56. The van der Waals surface area contributed by atoms with Crippen molar-refractivity contribution in [2.45, 2.75) is 25.7 Å². The van der Waals surface area contributed by atoms with Crippen molar-refractivity contribution in [3.63, 3.8) is 0 Å². The smallest absolute Gasteiger partial charge is 0.407 e. The maximum atomic E-state index is 13.2. The van der Waals surface area contributed by atoms with Gasteiger partial charge in [-0.05, 0) is 30.7 Å². The van der Waals surface area contributed by atoms with E-state index in [1.165, 1.54) is 17.0 Å². The van der Waals surface area contributed by atoms with E-state index in [2.05, 4.69) is 5.32 Å². The number of carbonyl (C=O) groups is 2. The van der Waals surface area contributed by atoms with Gasteiger partial charge in [-0.1, -0.05) is 11.6 Å². The Bertz CT molecular complexity index is 578. The second-order valence-electron chi connectivity index (χ2n) is 4.94. The first kappa shape index (κ1) is 16.5. The average Bonchev–Trinajstić information content (AvgIpc) is 2.71. The van der Waals surface area contributed by atoms with Crippen molar-refractivity contribution in [1.82, 2.24) is 10.2 Å². The van der Waals surface area contributed by atoms with Crippen LogP contribution in [0.2, 0.25) is 5.02 Å². The number of alkyl carbamates (subject to hydrolysis) is 1. The number of carbonyl (C=O) groups excluding carboxylic acids is 2. The Balaban J connectivity index is 1.92. The fourth-order valence-electron chi connectivity index (χ4n) is 2.22. The summed E-state index contributed by atoms with van der Waals surface area (Å²) in [5.74, 6) is -3.31. The topological polar surface area (TPSA) is 78.9 Å². The average molecular weight is 331 g/mol. The molecule has 2 rings (SSSR count). The second kappa shape index (κ2) is 6.50. The van der Waals surface area contributed by atoms with Crippen molar-refractivity contribution < 1.29 is 23.8 Å². The Kier molecular flexibility index (Phi) is 4.87. The van der Waals surface area contributed by atoms with Crippen LogP contribution >= 0.6 is 11.6 Å². The number of ether oxygens (including phenoxy) is 1. The largest absolute Gasteiger partial charge is 0.410 e. The molecule has 0 bridgehead atoms. The van der Waals surface area contributed by atoms with Crippen LogP contribution < -0.4 is 5.32 Å². The van der Waals surface area contributed by atoms with Crippen molar-refractivity contribution in [2.75, 3.05) is 13.1 Å². The van der Waals surface area contributed by atoms with Crippen LogP contribution in [0.15, 0.2) is 18.2 Å². The van der Waals surface area contributed by atoms with E-state index < -0.39 is 23.6 Å². The van der Waals surface area contributed by atoms with Crippen molar-refractivity contribution in [2.24, 2.45) is 0 Å². The first-order valence-electron chi connectivity index (χ1n) is 6.77. The van der Waals surface area contributed by atoms with E-state index in [-0.39, 0.29) is 18.0 Å². The molecular formula is C14H16ClFN2O4. The lowest BCUT2D eigenvalue weighted by atomic mass is 10.2. The number of amides is 2. The normalized spacial score (nSPS) is 21.1. The summed E-state index contributed by atoms with van der Waals surface area (Å²) in [5, 5.41) is 12.6. The molecule has 2 N–H and O–H groups in total. The van der Waals surface area contributed by atoms with E-state index in [4.69, 9.17) is 16.3 Å². The van der Waals surface area contributed by atoms with E-state index in [0.29, 0.717) is 18.7 Å². The van der Waals surface area contributed by atoms with Gasteiger partial charge in [0.25, 0.3) is 11.7 Å². The molecule has 1 heterocycles. The SMILES string of the molecule is CCN1CC[C@@](O)(OC(=O)NCc2cc(F)cc(Cl)c2)C1=O. The molecule has 8 heteroatoms. The van der Waals surface area contributed by atoms with Gasteiger partial charge in [0.2, 0.25) is 0 Å². The number of halogens is 2. The standard InChI is InChI=1S/C14H16ClFN2O4/c1-2-18-4-3-14(21,12(18)19)22-13(20)17-8-9-5-10(15)7-11(16)6-9/h5-7,21H,2-4,8H2,1H3,(H,17,20)/t14-/m1/s1. The van der Waals surface area contributed by atoms with E-state index in [0.717, 1.165) is 6.07 Å². The van der Waals surface area contributed by atoms with Gasteiger partial charge < -0.3 is 20.1 Å². The van der Waals surface area contributed by atoms with E-state index in [1.54, 1.807) is 6.92 Å². The third kappa shape index (κ3) is 3.66. The highest BCUT2D eigenvalue weighted by Gasteiger charge is 2.48. The second-order valence-corrected chi connectivity index (χ2v) is 5.38. The van der Waals surface area contributed by atoms with Gasteiger partial charge in [-0.15, -0.1) is 0 Å². The van der Waals surface area contributed by atoms with E-state index in [1.807, 2.05) is 0 Å². The summed E-state index contributed by atoms with van der Waals surface area (Å²) in [6, 6.07) is 3.84. The van der Waals surface area contributed by atoms with Crippen LogP contribution in [-0.2, 0) is 16.1 Å². The number of nitrogens with zero attached hydrogens (tertiary/aromatic N) is 1. The Morgan fingerprint density at radius 1 is 1.55 bits per heavy atom. The Hall–Kier alpha value is -1.86. The lowest BCUT2D eigenvalue weighted by molar-refractivity contribution is -0.182. The number of likely N-dealkylation sites (N-methyl/N-ethyl adjacent to an activating group) is 1. The molecule has 1 aromatic rings. The maximum Gasteiger partial charge on any atom is 0.410 e. The van der Waals surface area contributed by atoms with Crippen LogP contribution in [0.5, 0.6) is 0 Å². The Labute approximate surface area is 131 Å². The van der Waals surface area contributed by atoms with E-state index in [9.17, 15) is 19.1 Å². The molecule has 22 heavy (non-hydrogen) atoms. The maximum absolute atomic E-state index is 13.2. The number of nitrogens with one attached hydrogen (secondary N) is 1. The molecule has 1 saturated heterocycles. The van der Waals surface area contributed by atoms with Crippen LogP contribution in [0.4, 0.5) is 9.18 Å². The first-order chi connectivity index (χ1) is 10.3. The van der Waals surface area contributed by atoms with Crippen LogP contribution in [0.1, 0.15) is 18.9 Å². The summed E-state index contributed by atoms with van der Waals surface area (Å²) in [5.41, 5.74) is 0.432. The van der Waals surface area contributed by atoms with Gasteiger partial charge in [-0.25, -0.2) is 9.18 Å². The van der Waals surface area contributed by atoms with Gasteiger partial charge >= 0.3 is 6.09 Å². The van der Waals surface area contributed by atoms with Crippen molar-refractivity contribution in [1.29, 1.82) is 0 Å². The molecule has 0 saturated carbocycles. The lowest BCUT2D eigenvalue weighted by Gasteiger charge is -2.21. The molecule has 0 aliphatic carbocycles. The summed E-state index contributed by atoms with van der Waals surface area (Å²) < 4.78 is 18.0. The van der Waals surface area contributed by atoms with Crippen LogP contribution in [0.25, 0.3) is 0 Å². The summed E-state index contributed by atoms with van der Waals surface area (Å²) in [7, 11) is 0.